The Morgan fingerprint density at radius 3 is 1.24 bits per heavy atom. The second-order valence-corrected chi connectivity index (χ2v) is 8.97. The van der Waals surface area contributed by atoms with E-state index in [-0.39, 0.29) is 16.3 Å². The molecule has 0 saturated heterocycles. The third-order valence-corrected chi connectivity index (χ3v) is 4.73. The van der Waals surface area contributed by atoms with E-state index in [1.165, 1.54) is 29.8 Å². The molecule has 0 amide bonds. The number of nitro benzene ring substituents is 2. The second kappa shape index (κ2) is 19.5. The molecule has 3 N–H and O–H groups in total. The lowest BCUT2D eigenvalue weighted by atomic mass is 10.2. The average molecular weight is 547 g/mol. The van der Waals surface area contributed by atoms with Crippen LogP contribution in [-0.2, 0) is 19.0 Å². The molecule has 10 nitrogen and oxygen atoms in total. The van der Waals surface area contributed by atoms with Gasteiger partial charge in [0.2, 0.25) is 0 Å². The largest absolute Gasteiger partial charge is 0.399 e. The lowest BCUT2D eigenvalue weighted by molar-refractivity contribution is -0.385. The molecule has 3 rings (SSSR count). The van der Waals surface area contributed by atoms with Crippen LogP contribution in [0.25, 0.3) is 0 Å². The van der Waals surface area contributed by atoms with Crippen molar-refractivity contribution in [1.29, 1.82) is 0 Å². The van der Waals surface area contributed by atoms with Crippen molar-refractivity contribution in [3.63, 3.8) is 0 Å². The molecule has 11 heteroatoms. The molecule has 38 heavy (non-hydrogen) atoms. The zero-order valence-corrected chi connectivity index (χ0v) is 23.7. The third kappa shape index (κ3) is 16.2. The highest BCUT2D eigenvalue weighted by molar-refractivity contribution is 6.17. The molecule has 0 unspecified atom stereocenters. The van der Waals surface area contributed by atoms with Crippen LogP contribution in [0, 0.1) is 20.2 Å². The topological polar surface area (TPSA) is 131 Å². The number of nitro groups is 2. The van der Waals surface area contributed by atoms with E-state index in [0.29, 0.717) is 5.88 Å². The van der Waals surface area contributed by atoms with Gasteiger partial charge in [-0.3, -0.25) is 20.2 Å². The van der Waals surface area contributed by atoms with E-state index >= 15 is 0 Å². The maximum Gasteiger partial charge on any atom is 0.269 e. The van der Waals surface area contributed by atoms with Gasteiger partial charge in [0.15, 0.2) is 0 Å². The van der Waals surface area contributed by atoms with Gasteiger partial charge in [-0.1, -0.05) is 36.4 Å². The van der Waals surface area contributed by atoms with Crippen molar-refractivity contribution in [2.45, 2.75) is 19.0 Å². The van der Waals surface area contributed by atoms with E-state index in [4.69, 9.17) is 17.3 Å². The summed E-state index contributed by atoms with van der Waals surface area (Å²) in [4.78, 5) is 23.8. The van der Waals surface area contributed by atoms with Crippen molar-refractivity contribution < 1.29 is 9.85 Å². The van der Waals surface area contributed by atoms with E-state index in [0.717, 1.165) is 29.9 Å². The monoisotopic (exact) mass is 546 g/mol. The number of nitrogens with two attached hydrogens (primary N) is 1. The predicted molar refractivity (Wildman–Crippen MR) is 156 cm³/mol. The molecule has 0 heterocycles. The van der Waals surface area contributed by atoms with Crippen molar-refractivity contribution >= 4 is 28.7 Å². The number of benzene rings is 3. The van der Waals surface area contributed by atoms with Crippen molar-refractivity contribution in [2.75, 3.05) is 48.0 Å². The number of alkyl halides is 1. The second-order valence-electron chi connectivity index (χ2n) is 8.70. The summed E-state index contributed by atoms with van der Waals surface area (Å²) >= 11 is 5.49. The van der Waals surface area contributed by atoms with Gasteiger partial charge in [0, 0.05) is 48.9 Å². The van der Waals surface area contributed by atoms with E-state index in [1.54, 1.807) is 24.3 Å². The highest BCUT2D eigenvalue weighted by Gasteiger charge is 2.04. The Hall–Kier alpha value is -3.57. The van der Waals surface area contributed by atoms with Crippen LogP contribution in [0.1, 0.15) is 16.7 Å². The number of halogens is 1. The molecule has 0 aliphatic heterocycles. The van der Waals surface area contributed by atoms with Crippen LogP contribution in [0.4, 0.5) is 17.1 Å². The summed E-state index contributed by atoms with van der Waals surface area (Å²) in [5.74, 6) is 0.387. The molecule has 0 aliphatic rings. The first-order chi connectivity index (χ1) is 17.9. The quantitative estimate of drug-likeness (QED) is 0.180. The molecule has 0 bridgehead atoms. The van der Waals surface area contributed by atoms with E-state index in [2.05, 4.69) is 36.4 Å². The SMILES string of the molecule is CN(C)Cc1ccc(N)cc1.CN(C)Cc1ccc([N+](=O)[O-])cc1.CNC.O=[N+]([O-])c1ccc(CCl)cc1. The number of rotatable bonds is 7. The summed E-state index contributed by atoms with van der Waals surface area (Å²) in [5.41, 5.74) is 9.87. The molecule has 0 spiro atoms. The van der Waals surface area contributed by atoms with Crippen LogP contribution in [-0.4, -0.2) is 61.9 Å². The van der Waals surface area contributed by atoms with Crippen molar-refractivity contribution in [2.24, 2.45) is 0 Å². The van der Waals surface area contributed by atoms with Crippen LogP contribution < -0.4 is 11.1 Å². The smallest absolute Gasteiger partial charge is 0.269 e. The van der Waals surface area contributed by atoms with E-state index in [1.807, 2.05) is 45.2 Å². The summed E-state index contributed by atoms with van der Waals surface area (Å²) in [6.07, 6.45) is 0. The van der Waals surface area contributed by atoms with E-state index < -0.39 is 4.92 Å². The first-order valence-corrected chi connectivity index (χ1v) is 12.2. The van der Waals surface area contributed by atoms with Crippen LogP contribution in [0.5, 0.6) is 0 Å². The van der Waals surface area contributed by atoms with Gasteiger partial charge in [-0.05, 0) is 71.1 Å². The Morgan fingerprint density at radius 2 is 0.974 bits per heavy atom. The molecular formula is C27H39ClN6O4. The maximum atomic E-state index is 10.3. The molecular weight excluding hydrogens is 508 g/mol. The Bertz CT molecular complexity index is 1060. The number of hydrogen-bond donors (Lipinski definition) is 2. The van der Waals surface area contributed by atoms with Crippen molar-refractivity contribution in [1.82, 2.24) is 15.1 Å². The summed E-state index contributed by atoms with van der Waals surface area (Å²) in [6, 6.07) is 20.7. The number of hydrogen-bond acceptors (Lipinski definition) is 8. The Labute approximate surface area is 230 Å². The molecule has 0 aliphatic carbocycles. The molecule has 0 atom stereocenters. The van der Waals surface area contributed by atoms with E-state index in [9.17, 15) is 20.2 Å². The minimum atomic E-state index is -0.433. The van der Waals surface area contributed by atoms with Gasteiger partial charge in [0.1, 0.15) is 0 Å². The normalized spacial score (nSPS) is 9.82. The highest BCUT2D eigenvalue weighted by atomic mass is 35.5. The van der Waals surface area contributed by atoms with Crippen LogP contribution in [0.2, 0.25) is 0 Å². The molecule has 0 saturated carbocycles. The zero-order chi connectivity index (χ0) is 29.1. The lowest BCUT2D eigenvalue weighted by Crippen LogP contribution is -2.10. The molecule has 3 aromatic rings. The molecule has 3 aromatic carbocycles. The van der Waals surface area contributed by atoms with Crippen molar-refractivity contribution in [3.05, 3.63) is 110 Å². The minimum absolute atomic E-state index is 0.0962. The first kappa shape index (κ1) is 34.4. The van der Waals surface area contributed by atoms with Crippen LogP contribution in [0.3, 0.4) is 0 Å². The maximum absolute atomic E-state index is 10.3. The number of nitrogen functional groups attached to an aromatic ring is 1. The van der Waals surface area contributed by atoms with Gasteiger partial charge in [-0.2, -0.15) is 0 Å². The fourth-order valence-electron chi connectivity index (χ4n) is 2.78. The van der Waals surface area contributed by atoms with Crippen LogP contribution >= 0.6 is 11.6 Å². The van der Waals surface area contributed by atoms with Crippen molar-refractivity contribution in [3.8, 4) is 0 Å². The molecule has 0 radical (unpaired) electrons. The number of nitrogens with one attached hydrogen (secondary N) is 1. The minimum Gasteiger partial charge on any atom is -0.399 e. The van der Waals surface area contributed by atoms with Gasteiger partial charge in [-0.25, -0.2) is 0 Å². The lowest BCUT2D eigenvalue weighted by Gasteiger charge is -2.08. The van der Waals surface area contributed by atoms with Gasteiger partial charge in [0.05, 0.1) is 9.85 Å². The molecule has 208 valence electrons. The Morgan fingerprint density at radius 1 is 0.684 bits per heavy atom. The Balaban J connectivity index is 0.000000515. The third-order valence-electron chi connectivity index (χ3n) is 4.43. The standard InChI is InChI=1S/C9H12N2O2.C9H14N2.C7H6ClNO2.C2H7N/c1-10(2)7-8-3-5-9(6-4-8)11(12)13;1-11(2)7-8-3-5-9(10)6-4-8;8-5-6-1-3-7(4-2-6)9(10)11;1-3-2/h3-6H,7H2,1-2H3;3-6H,7,10H2,1-2H3;1-4H,5H2;3H,1-2H3. The summed E-state index contributed by atoms with van der Waals surface area (Å²) < 4.78 is 0. The van der Waals surface area contributed by atoms with Crippen LogP contribution in [0.15, 0.2) is 72.8 Å². The van der Waals surface area contributed by atoms with Gasteiger partial charge >= 0.3 is 0 Å². The fourth-order valence-corrected chi connectivity index (χ4v) is 2.96. The predicted octanol–water partition coefficient (Wildman–Crippen LogP) is 5.16. The number of non-ortho nitro benzene ring substituents is 2. The van der Waals surface area contributed by atoms with Gasteiger partial charge < -0.3 is 20.9 Å². The number of nitrogens with zero attached hydrogens (tertiary/aromatic N) is 4. The Kier molecular flexibility index (Phi) is 17.7. The molecule has 0 fully saturated rings. The highest BCUT2D eigenvalue weighted by Crippen LogP contribution is 2.13. The summed E-state index contributed by atoms with van der Waals surface area (Å²) in [7, 11) is 11.8. The first-order valence-electron chi connectivity index (χ1n) is 11.7. The fraction of sp³-hybridized carbons (Fsp3) is 0.333. The molecule has 0 aromatic heterocycles. The van der Waals surface area contributed by atoms with Gasteiger partial charge in [0.25, 0.3) is 11.4 Å². The zero-order valence-electron chi connectivity index (χ0n) is 22.9. The summed E-state index contributed by atoms with van der Waals surface area (Å²) in [6.45, 7) is 1.78. The summed E-state index contributed by atoms with van der Waals surface area (Å²) in [5, 5.41) is 23.3. The van der Waals surface area contributed by atoms with Gasteiger partial charge in [-0.15, -0.1) is 11.6 Å². The average Bonchev–Trinajstić information content (AvgIpc) is 2.86. The number of anilines is 1.